The lowest BCUT2D eigenvalue weighted by Gasteiger charge is -2.14. The van der Waals surface area contributed by atoms with Crippen LogP contribution in [0.4, 0.5) is 0 Å². The molecule has 0 aliphatic rings. The van der Waals surface area contributed by atoms with Gasteiger partial charge in [-0.15, -0.1) is 0 Å². The molecule has 3 nitrogen and oxygen atoms in total. The van der Waals surface area contributed by atoms with Crippen molar-refractivity contribution in [2.45, 2.75) is 26.6 Å². The number of hydrogen-bond donors (Lipinski definition) is 0. The van der Waals surface area contributed by atoms with E-state index in [1.54, 1.807) is 0 Å². The molecule has 0 saturated carbocycles. The highest BCUT2D eigenvalue weighted by Gasteiger charge is 2.04. The molecule has 0 bridgehead atoms. The van der Waals surface area contributed by atoms with Crippen molar-refractivity contribution in [3.8, 4) is 11.5 Å². The first kappa shape index (κ1) is 15.4. The van der Waals surface area contributed by atoms with Crippen molar-refractivity contribution < 1.29 is 14.2 Å². The van der Waals surface area contributed by atoms with Crippen molar-refractivity contribution in [1.29, 1.82) is 0 Å². The molecule has 1 unspecified atom stereocenters. The molecule has 0 aliphatic heterocycles. The van der Waals surface area contributed by atoms with Crippen LogP contribution in [-0.4, -0.2) is 19.3 Å². The van der Waals surface area contributed by atoms with Crippen molar-refractivity contribution in [1.82, 2.24) is 0 Å². The number of hydrogen-bond acceptors (Lipinski definition) is 3. The monoisotopic (exact) mass is 286 g/mol. The Labute approximate surface area is 126 Å². The van der Waals surface area contributed by atoms with E-state index < -0.39 is 0 Å². The largest absolute Gasteiger partial charge is 0.489 e. The molecule has 1 atom stereocenters. The lowest BCUT2D eigenvalue weighted by Crippen LogP contribution is -2.18. The number of ether oxygens (including phenoxy) is 3. The zero-order valence-corrected chi connectivity index (χ0v) is 12.6. The lowest BCUT2D eigenvalue weighted by molar-refractivity contribution is 0.0657. The maximum absolute atomic E-state index is 5.75. The zero-order valence-electron chi connectivity index (χ0n) is 12.6. The maximum Gasteiger partial charge on any atom is 0.120 e. The van der Waals surface area contributed by atoms with Gasteiger partial charge in [0.15, 0.2) is 0 Å². The van der Waals surface area contributed by atoms with Gasteiger partial charge in [-0.2, -0.15) is 0 Å². The molecule has 0 spiro atoms. The minimum Gasteiger partial charge on any atom is -0.489 e. The first-order valence-corrected chi connectivity index (χ1v) is 7.29. The molecule has 3 heteroatoms. The van der Waals surface area contributed by atoms with E-state index in [2.05, 4.69) is 0 Å². The second-order valence-corrected chi connectivity index (χ2v) is 4.83. The molecular formula is C18H22O3. The minimum atomic E-state index is 0.0426. The topological polar surface area (TPSA) is 27.7 Å². The first-order valence-electron chi connectivity index (χ1n) is 7.29. The van der Waals surface area contributed by atoms with Crippen LogP contribution in [0, 0.1) is 0 Å². The van der Waals surface area contributed by atoms with Crippen LogP contribution in [-0.2, 0) is 11.3 Å². The molecule has 2 rings (SSSR count). The Hall–Kier alpha value is -2.00. The van der Waals surface area contributed by atoms with Gasteiger partial charge in [-0.3, -0.25) is 0 Å². The molecule has 0 amide bonds. The summed E-state index contributed by atoms with van der Waals surface area (Å²) in [5.74, 6) is 1.66. The average molecular weight is 286 g/mol. The summed E-state index contributed by atoms with van der Waals surface area (Å²) in [6.45, 7) is 5.85. The standard InChI is InChI=1S/C18H22O3/c1-3-19-13-15(2)21-18-11-9-17(10-12-18)20-14-16-7-5-4-6-8-16/h4-12,15H,3,13-14H2,1-2H3. The molecule has 0 saturated heterocycles. The quantitative estimate of drug-likeness (QED) is 0.732. The fraction of sp³-hybridized carbons (Fsp3) is 0.333. The summed E-state index contributed by atoms with van der Waals surface area (Å²) in [5, 5.41) is 0. The van der Waals surface area contributed by atoms with Crippen molar-refractivity contribution in [2.75, 3.05) is 13.2 Å². The SMILES string of the molecule is CCOCC(C)Oc1ccc(OCc2ccccc2)cc1. The van der Waals surface area contributed by atoms with Crippen LogP contribution in [0.15, 0.2) is 54.6 Å². The van der Waals surface area contributed by atoms with Crippen molar-refractivity contribution in [2.24, 2.45) is 0 Å². The fourth-order valence-corrected chi connectivity index (χ4v) is 1.91. The van der Waals surface area contributed by atoms with Crippen LogP contribution in [0.3, 0.4) is 0 Å². The van der Waals surface area contributed by atoms with E-state index in [0.717, 1.165) is 17.1 Å². The van der Waals surface area contributed by atoms with Gasteiger partial charge in [-0.05, 0) is 43.7 Å². The minimum absolute atomic E-state index is 0.0426. The second kappa shape index (κ2) is 8.32. The first-order chi connectivity index (χ1) is 10.3. The smallest absolute Gasteiger partial charge is 0.120 e. The van der Waals surface area contributed by atoms with E-state index in [-0.39, 0.29) is 6.10 Å². The molecule has 0 radical (unpaired) electrons. The summed E-state index contributed by atoms with van der Waals surface area (Å²) < 4.78 is 16.8. The van der Waals surface area contributed by atoms with E-state index in [1.165, 1.54) is 0 Å². The predicted molar refractivity (Wildman–Crippen MR) is 83.8 cm³/mol. The van der Waals surface area contributed by atoms with Gasteiger partial charge >= 0.3 is 0 Å². The van der Waals surface area contributed by atoms with Crippen molar-refractivity contribution in [3.05, 3.63) is 60.2 Å². The van der Waals surface area contributed by atoms with E-state index in [4.69, 9.17) is 14.2 Å². The van der Waals surface area contributed by atoms with Crippen LogP contribution < -0.4 is 9.47 Å². The number of benzene rings is 2. The summed E-state index contributed by atoms with van der Waals surface area (Å²) in [6.07, 6.45) is 0.0426. The Morgan fingerprint density at radius 3 is 2.24 bits per heavy atom. The molecule has 21 heavy (non-hydrogen) atoms. The Morgan fingerprint density at radius 2 is 1.57 bits per heavy atom. The van der Waals surface area contributed by atoms with Gasteiger partial charge in [0.1, 0.15) is 24.2 Å². The van der Waals surface area contributed by atoms with Crippen LogP contribution in [0.1, 0.15) is 19.4 Å². The highest BCUT2D eigenvalue weighted by atomic mass is 16.5. The third-order valence-corrected chi connectivity index (χ3v) is 2.97. The average Bonchev–Trinajstić information content (AvgIpc) is 2.53. The molecule has 0 heterocycles. The summed E-state index contributed by atoms with van der Waals surface area (Å²) in [5.41, 5.74) is 1.16. The van der Waals surface area contributed by atoms with E-state index in [9.17, 15) is 0 Å². The molecule has 0 fully saturated rings. The third kappa shape index (κ3) is 5.48. The highest BCUT2D eigenvalue weighted by molar-refractivity contribution is 5.31. The normalized spacial score (nSPS) is 11.9. The molecule has 2 aromatic carbocycles. The van der Waals surface area contributed by atoms with Crippen LogP contribution in [0.5, 0.6) is 11.5 Å². The lowest BCUT2D eigenvalue weighted by atomic mass is 10.2. The Bertz CT molecular complexity index is 508. The van der Waals surface area contributed by atoms with Crippen molar-refractivity contribution >= 4 is 0 Å². The van der Waals surface area contributed by atoms with Gasteiger partial charge in [0.25, 0.3) is 0 Å². The molecule has 2 aromatic rings. The summed E-state index contributed by atoms with van der Waals surface area (Å²) in [7, 11) is 0. The molecular weight excluding hydrogens is 264 g/mol. The third-order valence-electron chi connectivity index (χ3n) is 2.97. The fourth-order valence-electron chi connectivity index (χ4n) is 1.91. The van der Waals surface area contributed by atoms with Gasteiger partial charge in [0.2, 0.25) is 0 Å². The summed E-state index contributed by atoms with van der Waals surface area (Å²) >= 11 is 0. The number of rotatable bonds is 8. The second-order valence-electron chi connectivity index (χ2n) is 4.83. The summed E-state index contributed by atoms with van der Waals surface area (Å²) in [4.78, 5) is 0. The summed E-state index contributed by atoms with van der Waals surface area (Å²) in [6, 6.07) is 17.8. The molecule has 0 aliphatic carbocycles. The van der Waals surface area contributed by atoms with Crippen LogP contribution >= 0.6 is 0 Å². The van der Waals surface area contributed by atoms with Gasteiger partial charge in [-0.1, -0.05) is 30.3 Å². The van der Waals surface area contributed by atoms with E-state index in [1.807, 2.05) is 68.4 Å². The maximum atomic E-state index is 5.75. The van der Waals surface area contributed by atoms with Gasteiger partial charge in [-0.25, -0.2) is 0 Å². The molecule has 0 N–H and O–H groups in total. The van der Waals surface area contributed by atoms with Crippen LogP contribution in [0.2, 0.25) is 0 Å². The van der Waals surface area contributed by atoms with Gasteiger partial charge in [0.05, 0.1) is 6.61 Å². The Morgan fingerprint density at radius 1 is 0.905 bits per heavy atom. The van der Waals surface area contributed by atoms with E-state index >= 15 is 0 Å². The van der Waals surface area contributed by atoms with Crippen LogP contribution in [0.25, 0.3) is 0 Å². The zero-order chi connectivity index (χ0) is 14.9. The highest BCUT2D eigenvalue weighted by Crippen LogP contribution is 2.19. The predicted octanol–water partition coefficient (Wildman–Crippen LogP) is 4.07. The Balaban J connectivity index is 1.81. The Kier molecular flexibility index (Phi) is 6.10. The molecule has 0 aromatic heterocycles. The van der Waals surface area contributed by atoms with Crippen molar-refractivity contribution in [3.63, 3.8) is 0 Å². The van der Waals surface area contributed by atoms with E-state index in [0.29, 0.717) is 19.8 Å². The molecule has 112 valence electrons. The van der Waals surface area contributed by atoms with Gasteiger partial charge in [0, 0.05) is 6.61 Å². The van der Waals surface area contributed by atoms with Gasteiger partial charge < -0.3 is 14.2 Å².